The minimum Gasteiger partial charge on any atom is -0.370 e. The number of nitrogens with zero attached hydrogens (tertiary/aromatic N) is 1. The summed E-state index contributed by atoms with van der Waals surface area (Å²) in [7, 11) is 1.79. The fourth-order valence-corrected chi connectivity index (χ4v) is 4.76. The molecule has 2 aromatic rings. The van der Waals surface area contributed by atoms with Crippen molar-refractivity contribution >= 4 is 29.3 Å². The first kappa shape index (κ1) is 19.0. The minimum absolute atomic E-state index is 0.00311. The largest absolute Gasteiger partial charge is 0.370 e. The highest BCUT2D eigenvalue weighted by Gasteiger charge is 2.36. The molecule has 1 fully saturated rings. The van der Waals surface area contributed by atoms with E-state index in [2.05, 4.69) is 5.32 Å². The van der Waals surface area contributed by atoms with E-state index in [0.29, 0.717) is 25.3 Å². The lowest BCUT2D eigenvalue weighted by Crippen LogP contribution is -3.18. The average Bonchev–Trinajstić information content (AvgIpc) is 2.73. The minimum atomic E-state index is -0.168. The van der Waals surface area contributed by atoms with Gasteiger partial charge >= 0.3 is 0 Å². The van der Waals surface area contributed by atoms with Crippen LogP contribution in [0.15, 0.2) is 53.4 Å². The van der Waals surface area contributed by atoms with E-state index in [9.17, 15) is 9.59 Å². The van der Waals surface area contributed by atoms with Crippen LogP contribution >= 0.6 is 11.8 Å². The number of ether oxygens (including phenoxy) is 1. The van der Waals surface area contributed by atoms with Gasteiger partial charge < -0.3 is 19.9 Å². The number of rotatable bonds is 4. The van der Waals surface area contributed by atoms with Gasteiger partial charge in [0.1, 0.15) is 13.1 Å². The van der Waals surface area contributed by atoms with Crippen molar-refractivity contribution in [2.45, 2.75) is 16.8 Å². The zero-order valence-corrected chi connectivity index (χ0v) is 16.6. The zero-order valence-electron chi connectivity index (χ0n) is 15.8. The number of morpholine rings is 1. The maximum absolute atomic E-state index is 12.8. The summed E-state index contributed by atoms with van der Waals surface area (Å²) < 4.78 is 5.40. The molecule has 1 unspecified atom stereocenters. The standard InChI is InChI=1S/C21H23N3O3S/c1-23(14-15-5-3-2-4-6-15)20(26)16-7-8-18-17(13-16)22-19(25)21(28-18)24-9-11-27-12-10-24/h2-8,13,21H,9-12,14H2,1H3,(H,22,25)/p+1. The molecule has 2 heterocycles. The van der Waals surface area contributed by atoms with Crippen molar-refractivity contribution in [3.63, 3.8) is 0 Å². The maximum atomic E-state index is 12.8. The molecule has 2 amide bonds. The monoisotopic (exact) mass is 398 g/mol. The van der Waals surface area contributed by atoms with Crippen LogP contribution in [0.1, 0.15) is 15.9 Å². The Hall–Kier alpha value is -2.35. The topological polar surface area (TPSA) is 63.1 Å². The molecule has 146 valence electrons. The molecule has 0 saturated carbocycles. The van der Waals surface area contributed by atoms with Gasteiger partial charge in [-0.3, -0.25) is 9.59 Å². The van der Waals surface area contributed by atoms with Gasteiger partial charge in [0.15, 0.2) is 0 Å². The van der Waals surface area contributed by atoms with Crippen molar-refractivity contribution < 1.29 is 19.2 Å². The Morgan fingerprint density at radius 1 is 1.21 bits per heavy atom. The molecule has 0 aromatic heterocycles. The van der Waals surface area contributed by atoms with Crippen molar-refractivity contribution in [2.75, 3.05) is 38.7 Å². The number of thioether (sulfide) groups is 1. The zero-order chi connectivity index (χ0) is 19.5. The van der Waals surface area contributed by atoms with E-state index in [1.807, 2.05) is 42.5 Å². The van der Waals surface area contributed by atoms with Crippen LogP contribution in [0.5, 0.6) is 0 Å². The van der Waals surface area contributed by atoms with Crippen molar-refractivity contribution in [1.29, 1.82) is 0 Å². The number of hydrogen-bond acceptors (Lipinski definition) is 4. The van der Waals surface area contributed by atoms with E-state index in [1.54, 1.807) is 29.8 Å². The highest BCUT2D eigenvalue weighted by Crippen LogP contribution is 2.34. The summed E-state index contributed by atoms with van der Waals surface area (Å²) in [5.74, 6) is -0.0662. The molecule has 0 aliphatic carbocycles. The summed E-state index contributed by atoms with van der Waals surface area (Å²) in [6, 6.07) is 15.5. The first-order chi connectivity index (χ1) is 13.6. The molecule has 2 aliphatic rings. The summed E-state index contributed by atoms with van der Waals surface area (Å²) in [6.07, 6.45) is 0. The molecule has 0 spiro atoms. The molecule has 0 radical (unpaired) electrons. The van der Waals surface area contributed by atoms with Gasteiger partial charge in [0.25, 0.3) is 11.8 Å². The molecule has 1 saturated heterocycles. The highest BCUT2D eigenvalue weighted by atomic mass is 32.2. The predicted molar refractivity (Wildman–Crippen MR) is 108 cm³/mol. The van der Waals surface area contributed by atoms with E-state index in [1.165, 1.54) is 4.90 Å². The first-order valence-corrected chi connectivity index (χ1v) is 10.3. The van der Waals surface area contributed by atoms with Gasteiger partial charge in [0.05, 0.1) is 18.9 Å². The third-order valence-corrected chi connectivity index (χ3v) is 6.48. The summed E-state index contributed by atoms with van der Waals surface area (Å²) >= 11 is 1.57. The van der Waals surface area contributed by atoms with Gasteiger partial charge in [-0.05, 0) is 23.8 Å². The van der Waals surface area contributed by atoms with Gasteiger partial charge in [0.2, 0.25) is 5.37 Å². The van der Waals surface area contributed by atoms with Crippen molar-refractivity contribution in [1.82, 2.24) is 4.90 Å². The second kappa shape index (κ2) is 8.34. The molecular weight excluding hydrogens is 374 g/mol. The lowest BCUT2D eigenvalue weighted by atomic mass is 10.1. The number of carbonyl (C=O) groups excluding carboxylic acids is 2. The summed E-state index contributed by atoms with van der Waals surface area (Å²) in [4.78, 5) is 29.4. The van der Waals surface area contributed by atoms with Crippen LogP contribution in [0.4, 0.5) is 5.69 Å². The third kappa shape index (κ3) is 4.06. The molecular formula is C21H24N3O3S+. The Morgan fingerprint density at radius 3 is 2.71 bits per heavy atom. The van der Waals surface area contributed by atoms with Crippen LogP contribution < -0.4 is 10.2 Å². The fourth-order valence-electron chi connectivity index (χ4n) is 3.56. The lowest BCUT2D eigenvalue weighted by molar-refractivity contribution is -0.909. The van der Waals surface area contributed by atoms with Gasteiger partial charge in [0, 0.05) is 24.1 Å². The number of amides is 2. The SMILES string of the molecule is CN(Cc1ccccc1)C(=O)c1ccc2c(c1)NC(=O)C([NH+]1CCOCC1)S2. The molecule has 2 aliphatic heterocycles. The Bertz CT molecular complexity index is 868. The number of carbonyl (C=O) groups is 2. The van der Waals surface area contributed by atoms with Crippen LogP contribution in [0.3, 0.4) is 0 Å². The van der Waals surface area contributed by atoms with E-state index >= 15 is 0 Å². The Kier molecular flexibility index (Phi) is 5.66. The number of quaternary nitrogens is 1. The van der Waals surface area contributed by atoms with Crippen molar-refractivity contribution in [3.05, 3.63) is 59.7 Å². The molecule has 28 heavy (non-hydrogen) atoms. The van der Waals surface area contributed by atoms with Crippen LogP contribution in [-0.4, -0.2) is 55.4 Å². The number of anilines is 1. The molecule has 2 N–H and O–H groups in total. The van der Waals surface area contributed by atoms with E-state index in [0.717, 1.165) is 29.2 Å². The molecule has 1 atom stereocenters. The van der Waals surface area contributed by atoms with Crippen LogP contribution in [0.25, 0.3) is 0 Å². The number of hydrogen-bond donors (Lipinski definition) is 2. The number of fused-ring (bicyclic) bond motifs is 1. The maximum Gasteiger partial charge on any atom is 0.294 e. The summed E-state index contributed by atoms with van der Waals surface area (Å²) in [6.45, 7) is 3.59. The molecule has 6 nitrogen and oxygen atoms in total. The second-order valence-electron chi connectivity index (χ2n) is 7.12. The Morgan fingerprint density at radius 2 is 1.96 bits per heavy atom. The highest BCUT2D eigenvalue weighted by molar-refractivity contribution is 8.00. The molecule has 0 bridgehead atoms. The third-order valence-electron chi connectivity index (χ3n) is 5.08. The van der Waals surface area contributed by atoms with Crippen molar-refractivity contribution in [2.24, 2.45) is 0 Å². The fraction of sp³-hybridized carbons (Fsp3) is 0.333. The summed E-state index contributed by atoms with van der Waals surface area (Å²) in [5.41, 5.74) is 2.38. The van der Waals surface area contributed by atoms with Gasteiger partial charge in [-0.15, -0.1) is 0 Å². The van der Waals surface area contributed by atoms with E-state index < -0.39 is 0 Å². The van der Waals surface area contributed by atoms with Gasteiger partial charge in [-0.2, -0.15) is 0 Å². The smallest absolute Gasteiger partial charge is 0.294 e. The molecule has 7 heteroatoms. The predicted octanol–water partition coefficient (Wildman–Crippen LogP) is 1.24. The Balaban J connectivity index is 1.47. The Labute approximate surface area is 168 Å². The lowest BCUT2D eigenvalue weighted by Gasteiger charge is -2.33. The van der Waals surface area contributed by atoms with Gasteiger partial charge in [-0.1, -0.05) is 42.1 Å². The van der Waals surface area contributed by atoms with Crippen LogP contribution in [0, 0.1) is 0 Å². The second-order valence-corrected chi connectivity index (χ2v) is 8.26. The van der Waals surface area contributed by atoms with E-state index in [-0.39, 0.29) is 17.2 Å². The van der Waals surface area contributed by atoms with Crippen LogP contribution in [0.2, 0.25) is 0 Å². The number of benzene rings is 2. The van der Waals surface area contributed by atoms with E-state index in [4.69, 9.17) is 4.74 Å². The molecule has 4 rings (SSSR count). The van der Waals surface area contributed by atoms with Crippen LogP contribution in [-0.2, 0) is 16.1 Å². The first-order valence-electron chi connectivity index (χ1n) is 9.45. The normalized spacial score (nSPS) is 19.6. The van der Waals surface area contributed by atoms with Crippen molar-refractivity contribution in [3.8, 4) is 0 Å². The number of nitrogens with one attached hydrogen (secondary N) is 2. The quantitative estimate of drug-likeness (QED) is 0.814. The average molecular weight is 399 g/mol. The summed E-state index contributed by atoms with van der Waals surface area (Å²) in [5, 5.41) is 2.83. The van der Waals surface area contributed by atoms with Gasteiger partial charge in [-0.25, -0.2) is 0 Å². The molecule has 2 aromatic carbocycles.